The number of rotatable bonds is 4. The van der Waals surface area contributed by atoms with Crippen LogP contribution < -0.4 is 5.32 Å². The van der Waals surface area contributed by atoms with Gasteiger partial charge in [-0.15, -0.1) is 0 Å². The van der Waals surface area contributed by atoms with Crippen molar-refractivity contribution in [2.45, 2.75) is 13.3 Å². The summed E-state index contributed by atoms with van der Waals surface area (Å²) in [5, 5.41) is 5.87. The van der Waals surface area contributed by atoms with Gasteiger partial charge < -0.3 is 5.32 Å². The fourth-order valence-corrected chi connectivity index (χ4v) is 2.82. The molecule has 0 fully saturated rings. The first-order chi connectivity index (χ1) is 10.3. The predicted octanol–water partition coefficient (Wildman–Crippen LogP) is 4.58. The van der Waals surface area contributed by atoms with E-state index in [9.17, 15) is 0 Å². The second-order valence-corrected chi connectivity index (χ2v) is 5.53. The summed E-state index contributed by atoms with van der Waals surface area (Å²) in [6.45, 7) is 3.19. The van der Waals surface area contributed by atoms with E-state index >= 15 is 0 Å². The Kier molecular flexibility index (Phi) is 4.03. The third-order valence-electron chi connectivity index (χ3n) is 4.07. The lowest BCUT2D eigenvalue weighted by atomic mass is 9.95. The van der Waals surface area contributed by atoms with Gasteiger partial charge in [-0.1, -0.05) is 60.7 Å². The number of hydrogen-bond acceptors (Lipinski definition) is 1. The topological polar surface area (TPSA) is 12.0 Å². The minimum Gasteiger partial charge on any atom is -0.319 e. The fourth-order valence-electron chi connectivity index (χ4n) is 2.82. The number of benzene rings is 3. The molecule has 1 nitrogen and oxygen atoms in total. The van der Waals surface area contributed by atoms with Crippen LogP contribution in [0.2, 0.25) is 0 Å². The minimum atomic E-state index is 1.02. The van der Waals surface area contributed by atoms with E-state index in [0.29, 0.717) is 0 Å². The van der Waals surface area contributed by atoms with Crippen LogP contribution in [0.5, 0.6) is 0 Å². The van der Waals surface area contributed by atoms with Gasteiger partial charge in [-0.25, -0.2) is 0 Å². The van der Waals surface area contributed by atoms with Crippen molar-refractivity contribution in [1.82, 2.24) is 5.32 Å². The zero-order valence-corrected chi connectivity index (χ0v) is 12.7. The van der Waals surface area contributed by atoms with Gasteiger partial charge in [0, 0.05) is 0 Å². The molecule has 3 rings (SSSR count). The number of hydrogen-bond donors (Lipinski definition) is 1. The molecule has 0 unspecified atom stereocenters. The van der Waals surface area contributed by atoms with Crippen LogP contribution in [0, 0.1) is 6.92 Å². The summed E-state index contributed by atoms with van der Waals surface area (Å²) >= 11 is 0. The SMILES string of the molecule is CNCCc1ccc(-c2ccc(C)c3ccccc23)cc1. The summed E-state index contributed by atoms with van der Waals surface area (Å²) in [7, 11) is 1.99. The Balaban J connectivity index is 2.02. The van der Waals surface area contributed by atoms with Crippen LogP contribution >= 0.6 is 0 Å². The lowest BCUT2D eigenvalue weighted by Gasteiger charge is -2.10. The Morgan fingerprint density at radius 1 is 0.810 bits per heavy atom. The van der Waals surface area contributed by atoms with E-state index in [1.807, 2.05) is 7.05 Å². The van der Waals surface area contributed by atoms with Crippen LogP contribution in [-0.2, 0) is 6.42 Å². The van der Waals surface area contributed by atoms with Gasteiger partial charge in [0.25, 0.3) is 0 Å². The van der Waals surface area contributed by atoms with E-state index < -0.39 is 0 Å². The molecular formula is C20H21N. The van der Waals surface area contributed by atoms with Crippen LogP contribution in [0.4, 0.5) is 0 Å². The molecule has 21 heavy (non-hydrogen) atoms. The second kappa shape index (κ2) is 6.11. The maximum absolute atomic E-state index is 3.19. The minimum absolute atomic E-state index is 1.02. The third kappa shape index (κ3) is 2.84. The van der Waals surface area contributed by atoms with E-state index in [4.69, 9.17) is 0 Å². The summed E-state index contributed by atoms with van der Waals surface area (Å²) in [5.74, 6) is 0. The monoisotopic (exact) mass is 275 g/mol. The molecule has 0 atom stereocenters. The largest absolute Gasteiger partial charge is 0.319 e. The average molecular weight is 275 g/mol. The molecule has 1 N–H and O–H groups in total. The molecule has 0 amide bonds. The lowest BCUT2D eigenvalue weighted by molar-refractivity contribution is 0.792. The maximum Gasteiger partial charge on any atom is -0.00114 e. The van der Waals surface area contributed by atoms with Gasteiger partial charge in [0.1, 0.15) is 0 Å². The number of fused-ring (bicyclic) bond motifs is 1. The Labute approximate surface area is 126 Å². The number of aryl methyl sites for hydroxylation is 1. The van der Waals surface area contributed by atoms with E-state index in [2.05, 4.69) is 72.9 Å². The Bertz CT molecular complexity index is 741. The highest BCUT2D eigenvalue weighted by atomic mass is 14.8. The van der Waals surface area contributed by atoms with Crippen molar-refractivity contribution in [2.75, 3.05) is 13.6 Å². The summed E-state index contributed by atoms with van der Waals surface area (Å²) in [4.78, 5) is 0. The normalized spacial score (nSPS) is 11.0. The quantitative estimate of drug-likeness (QED) is 0.735. The van der Waals surface area contributed by atoms with Gasteiger partial charge in [0.15, 0.2) is 0 Å². The lowest BCUT2D eigenvalue weighted by Crippen LogP contribution is -2.10. The first-order valence-electron chi connectivity index (χ1n) is 7.52. The standard InChI is InChI=1S/C20H21N/c1-15-7-12-19(20-6-4-3-5-18(15)20)17-10-8-16(9-11-17)13-14-21-2/h3-12,21H,13-14H2,1-2H3. The summed E-state index contributed by atoms with van der Waals surface area (Å²) in [6.07, 6.45) is 1.07. The first kappa shape index (κ1) is 13.8. The van der Waals surface area contributed by atoms with Crippen LogP contribution in [0.15, 0.2) is 60.7 Å². The summed E-state index contributed by atoms with van der Waals surface area (Å²) < 4.78 is 0. The molecule has 0 saturated carbocycles. The number of likely N-dealkylation sites (N-methyl/N-ethyl adjacent to an activating group) is 1. The summed E-state index contributed by atoms with van der Waals surface area (Å²) in [6, 6.07) is 22.0. The molecule has 0 saturated heterocycles. The van der Waals surface area contributed by atoms with Gasteiger partial charge in [0.2, 0.25) is 0 Å². The van der Waals surface area contributed by atoms with E-state index in [-0.39, 0.29) is 0 Å². The molecule has 3 aromatic carbocycles. The van der Waals surface area contributed by atoms with Crippen LogP contribution in [0.25, 0.3) is 21.9 Å². The maximum atomic E-state index is 3.19. The number of nitrogens with one attached hydrogen (secondary N) is 1. The first-order valence-corrected chi connectivity index (χ1v) is 7.52. The van der Waals surface area contributed by atoms with Gasteiger partial charge in [-0.2, -0.15) is 0 Å². The Hall–Kier alpha value is -2.12. The predicted molar refractivity (Wildman–Crippen MR) is 91.8 cm³/mol. The van der Waals surface area contributed by atoms with Crippen molar-refractivity contribution in [3.63, 3.8) is 0 Å². The van der Waals surface area contributed by atoms with Crippen molar-refractivity contribution in [1.29, 1.82) is 0 Å². The zero-order chi connectivity index (χ0) is 14.7. The smallest absolute Gasteiger partial charge is 0.00114 e. The van der Waals surface area contributed by atoms with Gasteiger partial charge in [0.05, 0.1) is 0 Å². The van der Waals surface area contributed by atoms with Crippen molar-refractivity contribution >= 4 is 10.8 Å². The van der Waals surface area contributed by atoms with Crippen molar-refractivity contribution in [3.8, 4) is 11.1 Å². The fraction of sp³-hybridized carbons (Fsp3) is 0.200. The molecular weight excluding hydrogens is 254 g/mol. The second-order valence-electron chi connectivity index (χ2n) is 5.53. The molecule has 0 bridgehead atoms. The van der Waals surface area contributed by atoms with Crippen molar-refractivity contribution in [2.24, 2.45) is 0 Å². The zero-order valence-electron chi connectivity index (χ0n) is 12.7. The Morgan fingerprint density at radius 2 is 1.52 bits per heavy atom. The molecule has 0 radical (unpaired) electrons. The molecule has 0 aliphatic rings. The summed E-state index contributed by atoms with van der Waals surface area (Å²) in [5.41, 5.74) is 5.32. The van der Waals surface area contributed by atoms with Gasteiger partial charge in [-0.05, 0) is 60.0 Å². The molecule has 0 aromatic heterocycles. The molecule has 1 heteroatoms. The van der Waals surface area contributed by atoms with Crippen LogP contribution in [-0.4, -0.2) is 13.6 Å². The van der Waals surface area contributed by atoms with E-state index in [1.54, 1.807) is 0 Å². The molecule has 3 aromatic rings. The highest BCUT2D eigenvalue weighted by Gasteiger charge is 2.05. The van der Waals surface area contributed by atoms with Crippen LogP contribution in [0.1, 0.15) is 11.1 Å². The molecule has 106 valence electrons. The molecule has 0 aliphatic carbocycles. The molecule has 0 heterocycles. The third-order valence-corrected chi connectivity index (χ3v) is 4.07. The average Bonchev–Trinajstić information content (AvgIpc) is 2.54. The van der Waals surface area contributed by atoms with Crippen LogP contribution in [0.3, 0.4) is 0 Å². The van der Waals surface area contributed by atoms with Crippen molar-refractivity contribution in [3.05, 3.63) is 71.8 Å². The highest BCUT2D eigenvalue weighted by molar-refractivity contribution is 5.98. The Morgan fingerprint density at radius 3 is 2.24 bits per heavy atom. The van der Waals surface area contributed by atoms with Crippen molar-refractivity contribution < 1.29 is 0 Å². The van der Waals surface area contributed by atoms with Gasteiger partial charge >= 0.3 is 0 Å². The highest BCUT2D eigenvalue weighted by Crippen LogP contribution is 2.30. The van der Waals surface area contributed by atoms with Gasteiger partial charge in [-0.3, -0.25) is 0 Å². The molecule has 0 spiro atoms. The van der Waals surface area contributed by atoms with E-state index in [1.165, 1.54) is 33.0 Å². The van der Waals surface area contributed by atoms with E-state index in [0.717, 1.165) is 13.0 Å². The molecule has 0 aliphatic heterocycles.